The van der Waals surface area contributed by atoms with Gasteiger partial charge in [-0.05, 0) is 35.9 Å². The summed E-state index contributed by atoms with van der Waals surface area (Å²) in [5, 5.41) is 3.93. The summed E-state index contributed by atoms with van der Waals surface area (Å²) in [5.74, 6) is 2.27. The molecule has 1 aliphatic rings. The van der Waals surface area contributed by atoms with Crippen LogP contribution in [0.1, 0.15) is 12.0 Å². The smallest absolute Gasteiger partial charge is 0.151 e. The second-order valence-corrected chi connectivity index (χ2v) is 8.28. The van der Waals surface area contributed by atoms with Gasteiger partial charge in [0.1, 0.15) is 0 Å². The second kappa shape index (κ2) is 5.72. The predicted octanol–water partition coefficient (Wildman–Crippen LogP) is 2.80. The van der Waals surface area contributed by atoms with Crippen molar-refractivity contribution in [3.05, 3.63) is 28.8 Å². The molecule has 2 rings (SSSR count). The van der Waals surface area contributed by atoms with E-state index in [9.17, 15) is 8.42 Å². The Morgan fingerprint density at radius 3 is 2.89 bits per heavy atom. The van der Waals surface area contributed by atoms with E-state index in [2.05, 4.69) is 5.32 Å². The first-order valence-corrected chi connectivity index (χ1v) is 9.34. The Balaban J connectivity index is 2.15. The molecule has 100 valence electrons. The number of anilines is 1. The lowest BCUT2D eigenvalue weighted by atomic mass is 10.2. The summed E-state index contributed by atoms with van der Waals surface area (Å²) in [6.07, 6.45) is 2.37. The quantitative estimate of drug-likeness (QED) is 0.929. The molecule has 3 nitrogen and oxygen atoms in total. The summed E-state index contributed by atoms with van der Waals surface area (Å²) in [6, 6.07) is 5.97. The van der Waals surface area contributed by atoms with E-state index in [1.807, 2.05) is 23.9 Å². The maximum Gasteiger partial charge on any atom is 0.151 e. The van der Waals surface area contributed by atoms with Gasteiger partial charge in [0.25, 0.3) is 0 Å². The van der Waals surface area contributed by atoms with Crippen molar-refractivity contribution in [2.24, 2.45) is 0 Å². The molecule has 1 heterocycles. The van der Waals surface area contributed by atoms with E-state index in [4.69, 9.17) is 11.6 Å². The topological polar surface area (TPSA) is 46.2 Å². The molecule has 0 spiro atoms. The number of thioether (sulfide) groups is 1. The van der Waals surface area contributed by atoms with Crippen LogP contribution in [0.25, 0.3) is 0 Å². The highest BCUT2D eigenvalue weighted by molar-refractivity contribution is 7.99. The fourth-order valence-corrected chi connectivity index (χ4v) is 4.16. The SMILES string of the molecule is CS(=O)(=O)Cc1cc(N[C@@H]2CCSC2)ccc1Cl. The monoisotopic (exact) mass is 305 g/mol. The lowest BCUT2D eigenvalue weighted by Crippen LogP contribution is -2.18. The molecule has 1 aliphatic heterocycles. The Kier molecular flexibility index (Phi) is 4.45. The molecule has 1 fully saturated rings. The van der Waals surface area contributed by atoms with Gasteiger partial charge in [0.05, 0.1) is 5.75 Å². The first kappa shape index (κ1) is 14.0. The average Bonchev–Trinajstić information content (AvgIpc) is 2.74. The molecule has 1 atom stereocenters. The largest absolute Gasteiger partial charge is 0.381 e. The molecule has 1 aromatic carbocycles. The zero-order chi connectivity index (χ0) is 13.2. The molecule has 18 heavy (non-hydrogen) atoms. The van der Waals surface area contributed by atoms with Gasteiger partial charge < -0.3 is 5.32 Å². The Hall–Kier alpha value is -0.390. The number of benzene rings is 1. The molecule has 1 saturated heterocycles. The van der Waals surface area contributed by atoms with Gasteiger partial charge in [-0.2, -0.15) is 11.8 Å². The third-order valence-electron chi connectivity index (χ3n) is 2.76. The number of nitrogens with one attached hydrogen (secondary N) is 1. The zero-order valence-corrected chi connectivity index (χ0v) is 12.5. The van der Waals surface area contributed by atoms with E-state index in [0.29, 0.717) is 16.6 Å². The zero-order valence-electron chi connectivity index (χ0n) is 10.1. The Morgan fingerprint density at radius 2 is 2.28 bits per heavy atom. The molecule has 0 unspecified atom stereocenters. The average molecular weight is 306 g/mol. The van der Waals surface area contributed by atoms with Gasteiger partial charge in [0.15, 0.2) is 9.84 Å². The second-order valence-electron chi connectivity index (χ2n) is 4.58. The number of hydrogen-bond acceptors (Lipinski definition) is 4. The fourth-order valence-electron chi connectivity index (χ4n) is 1.94. The van der Waals surface area contributed by atoms with Crippen LogP contribution >= 0.6 is 23.4 Å². The highest BCUT2D eigenvalue weighted by atomic mass is 35.5. The summed E-state index contributed by atoms with van der Waals surface area (Å²) < 4.78 is 22.7. The van der Waals surface area contributed by atoms with Crippen molar-refractivity contribution in [1.82, 2.24) is 0 Å². The van der Waals surface area contributed by atoms with Crippen molar-refractivity contribution in [3.63, 3.8) is 0 Å². The molecule has 0 saturated carbocycles. The van der Waals surface area contributed by atoms with Crippen LogP contribution < -0.4 is 5.32 Å². The summed E-state index contributed by atoms with van der Waals surface area (Å²) in [6.45, 7) is 0. The normalized spacial score (nSPS) is 20.0. The molecule has 1 N–H and O–H groups in total. The summed E-state index contributed by atoms with van der Waals surface area (Å²) in [7, 11) is -3.06. The molecule has 6 heteroatoms. The number of hydrogen-bond donors (Lipinski definition) is 1. The van der Waals surface area contributed by atoms with Crippen molar-refractivity contribution in [2.75, 3.05) is 23.1 Å². The molecule has 0 aromatic heterocycles. The first-order chi connectivity index (χ1) is 8.44. The van der Waals surface area contributed by atoms with E-state index < -0.39 is 9.84 Å². The fraction of sp³-hybridized carbons (Fsp3) is 0.500. The molecule has 0 bridgehead atoms. The van der Waals surface area contributed by atoms with E-state index in [1.54, 1.807) is 6.07 Å². The van der Waals surface area contributed by atoms with Crippen molar-refractivity contribution in [1.29, 1.82) is 0 Å². The van der Waals surface area contributed by atoms with Crippen LogP contribution in [-0.4, -0.2) is 32.2 Å². The van der Waals surface area contributed by atoms with Crippen LogP contribution in [0.2, 0.25) is 5.02 Å². The lowest BCUT2D eigenvalue weighted by Gasteiger charge is -2.14. The Bertz CT molecular complexity index is 525. The van der Waals surface area contributed by atoms with Crippen LogP contribution in [0.3, 0.4) is 0 Å². The van der Waals surface area contributed by atoms with Gasteiger partial charge in [-0.3, -0.25) is 0 Å². The Morgan fingerprint density at radius 1 is 1.50 bits per heavy atom. The van der Waals surface area contributed by atoms with Crippen LogP contribution in [0, 0.1) is 0 Å². The molecular formula is C12H16ClNO2S2. The van der Waals surface area contributed by atoms with Crippen LogP contribution in [0.5, 0.6) is 0 Å². The molecule has 0 radical (unpaired) electrons. The predicted molar refractivity (Wildman–Crippen MR) is 79.4 cm³/mol. The molecule has 0 amide bonds. The van der Waals surface area contributed by atoms with Gasteiger partial charge in [0.2, 0.25) is 0 Å². The number of rotatable bonds is 4. The summed E-state index contributed by atoms with van der Waals surface area (Å²) >= 11 is 7.96. The minimum Gasteiger partial charge on any atom is -0.381 e. The van der Waals surface area contributed by atoms with E-state index >= 15 is 0 Å². The minimum atomic E-state index is -3.06. The van der Waals surface area contributed by atoms with Crippen LogP contribution in [0.15, 0.2) is 18.2 Å². The number of halogens is 1. The third kappa shape index (κ3) is 4.07. The van der Waals surface area contributed by atoms with Crippen LogP contribution in [0.4, 0.5) is 5.69 Å². The van der Waals surface area contributed by atoms with Gasteiger partial charge in [-0.25, -0.2) is 8.42 Å². The van der Waals surface area contributed by atoms with Crippen molar-refractivity contribution in [2.45, 2.75) is 18.2 Å². The molecule has 1 aromatic rings. The van der Waals surface area contributed by atoms with Crippen molar-refractivity contribution in [3.8, 4) is 0 Å². The van der Waals surface area contributed by atoms with E-state index in [-0.39, 0.29) is 5.75 Å². The Labute approximate surface area is 117 Å². The molecular weight excluding hydrogens is 290 g/mol. The molecule has 0 aliphatic carbocycles. The van der Waals surface area contributed by atoms with Crippen molar-refractivity contribution < 1.29 is 8.42 Å². The third-order valence-corrected chi connectivity index (χ3v) is 5.13. The van der Waals surface area contributed by atoms with Gasteiger partial charge in [-0.15, -0.1) is 0 Å². The van der Waals surface area contributed by atoms with Crippen molar-refractivity contribution >= 4 is 38.9 Å². The summed E-state index contributed by atoms with van der Waals surface area (Å²) in [4.78, 5) is 0. The van der Waals surface area contributed by atoms with E-state index in [1.165, 1.54) is 12.0 Å². The highest BCUT2D eigenvalue weighted by Gasteiger charge is 2.16. The summed E-state index contributed by atoms with van der Waals surface area (Å²) in [5.41, 5.74) is 1.61. The number of sulfone groups is 1. The van der Waals surface area contributed by atoms with Crippen LogP contribution in [-0.2, 0) is 15.6 Å². The van der Waals surface area contributed by atoms with E-state index in [0.717, 1.165) is 17.9 Å². The minimum absolute atomic E-state index is 0.0131. The lowest BCUT2D eigenvalue weighted by molar-refractivity contribution is 0.601. The van der Waals surface area contributed by atoms with Gasteiger partial charge in [0, 0.05) is 28.8 Å². The van der Waals surface area contributed by atoms with Gasteiger partial charge >= 0.3 is 0 Å². The maximum absolute atomic E-state index is 11.3. The highest BCUT2D eigenvalue weighted by Crippen LogP contribution is 2.25. The van der Waals surface area contributed by atoms with Gasteiger partial charge in [-0.1, -0.05) is 11.6 Å². The maximum atomic E-state index is 11.3. The first-order valence-electron chi connectivity index (χ1n) is 5.74. The standard InChI is InChI=1S/C12H16ClNO2S2/c1-18(15,16)8-9-6-10(2-3-12(9)13)14-11-4-5-17-7-11/h2-3,6,11,14H,4-5,7-8H2,1H3/t11-/m1/s1.